The van der Waals surface area contributed by atoms with Crippen molar-refractivity contribution >= 4 is 16.9 Å². The van der Waals surface area contributed by atoms with Crippen LogP contribution >= 0.6 is 0 Å². The van der Waals surface area contributed by atoms with E-state index in [1.54, 1.807) is 13.0 Å². The monoisotopic (exact) mass is 355 g/mol. The molecule has 1 aliphatic heterocycles. The summed E-state index contributed by atoms with van der Waals surface area (Å²) < 4.78 is 11.2. The zero-order valence-electron chi connectivity index (χ0n) is 15.4. The number of rotatable bonds is 4. The number of carbonyl (C=O) groups is 1. The highest BCUT2D eigenvalue weighted by Crippen LogP contribution is 2.38. The maximum Gasteiger partial charge on any atom is 0.336 e. The molecule has 2 fully saturated rings. The minimum Gasteiger partial charge on any atom is -0.481 e. The molecule has 1 aromatic heterocycles. The molecular formula is C21H25NO4. The molecule has 5 nitrogen and oxygen atoms in total. The lowest BCUT2D eigenvalue weighted by molar-refractivity contribution is -0.137. The van der Waals surface area contributed by atoms with E-state index in [-0.39, 0.29) is 11.5 Å². The molecule has 1 saturated heterocycles. The molecular weight excluding hydrogens is 330 g/mol. The molecule has 4 rings (SSSR count). The lowest BCUT2D eigenvalue weighted by Gasteiger charge is -2.22. The van der Waals surface area contributed by atoms with Crippen molar-refractivity contribution in [1.29, 1.82) is 0 Å². The van der Waals surface area contributed by atoms with Gasteiger partial charge in [0.15, 0.2) is 6.10 Å². The average Bonchev–Trinajstić information content (AvgIpc) is 3.21. The van der Waals surface area contributed by atoms with E-state index in [0.717, 1.165) is 30.5 Å². The van der Waals surface area contributed by atoms with E-state index in [2.05, 4.69) is 0 Å². The quantitative estimate of drug-likeness (QED) is 0.789. The molecule has 5 heteroatoms. The van der Waals surface area contributed by atoms with Gasteiger partial charge in [0.1, 0.15) is 11.3 Å². The van der Waals surface area contributed by atoms with Crippen LogP contribution < -0.4 is 10.4 Å². The summed E-state index contributed by atoms with van der Waals surface area (Å²) in [6.45, 7) is 5.53. The topological polar surface area (TPSA) is 59.8 Å². The van der Waals surface area contributed by atoms with Gasteiger partial charge in [0, 0.05) is 30.6 Å². The normalized spacial score (nSPS) is 23.2. The summed E-state index contributed by atoms with van der Waals surface area (Å²) in [5.74, 6) is 1.94. The molecule has 3 atom stereocenters. The maximum absolute atomic E-state index is 12.7. The third-order valence-corrected chi connectivity index (χ3v) is 5.88. The molecule has 2 heterocycles. The van der Waals surface area contributed by atoms with Crippen molar-refractivity contribution in [2.75, 3.05) is 13.1 Å². The van der Waals surface area contributed by atoms with Gasteiger partial charge in [-0.3, -0.25) is 4.79 Å². The zero-order valence-corrected chi connectivity index (χ0v) is 15.4. The highest BCUT2D eigenvalue weighted by molar-refractivity contribution is 5.83. The molecule has 1 unspecified atom stereocenters. The summed E-state index contributed by atoms with van der Waals surface area (Å²) in [5, 5.41) is 0.908. The van der Waals surface area contributed by atoms with Crippen LogP contribution in [0.3, 0.4) is 0 Å². The third-order valence-electron chi connectivity index (χ3n) is 5.88. The summed E-state index contributed by atoms with van der Waals surface area (Å²) in [7, 11) is 0. The first-order valence-electron chi connectivity index (χ1n) is 9.57. The number of ether oxygens (including phenoxy) is 1. The van der Waals surface area contributed by atoms with Gasteiger partial charge in [-0.05, 0) is 55.7 Å². The first-order chi connectivity index (χ1) is 12.5. The summed E-state index contributed by atoms with van der Waals surface area (Å²) >= 11 is 0. The number of amides is 1. The van der Waals surface area contributed by atoms with Crippen molar-refractivity contribution < 1.29 is 13.9 Å². The van der Waals surface area contributed by atoms with Gasteiger partial charge in [-0.15, -0.1) is 0 Å². The Morgan fingerprint density at radius 2 is 2.00 bits per heavy atom. The summed E-state index contributed by atoms with van der Waals surface area (Å²) in [6.07, 6.45) is 3.99. The van der Waals surface area contributed by atoms with E-state index in [0.29, 0.717) is 23.2 Å². The Labute approximate surface area is 152 Å². The Kier molecular flexibility index (Phi) is 4.47. The van der Waals surface area contributed by atoms with Crippen LogP contribution in [0.2, 0.25) is 0 Å². The van der Waals surface area contributed by atoms with Gasteiger partial charge < -0.3 is 14.1 Å². The Balaban J connectivity index is 1.49. The second-order valence-corrected chi connectivity index (χ2v) is 7.56. The number of aryl methyl sites for hydroxylation is 1. The fourth-order valence-electron chi connectivity index (χ4n) is 4.50. The molecule has 0 radical (unpaired) electrons. The predicted molar refractivity (Wildman–Crippen MR) is 99.4 cm³/mol. The highest BCUT2D eigenvalue weighted by atomic mass is 16.5. The smallest absolute Gasteiger partial charge is 0.336 e. The van der Waals surface area contributed by atoms with Gasteiger partial charge in [0.25, 0.3) is 5.91 Å². The first kappa shape index (κ1) is 17.1. The number of fused-ring (bicyclic) bond motifs is 2. The molecule has 1 aliphatic carbocycles. The van der Waals surface area contributed by atoms with E-state index in [4.69, 9.17) is 9.15 Å². The summed E-state index contributed by atoms with van der Waals surface area (Å²) in [4.78, 5) is 26.4. The molecule has 26 heavy (non-hydrogen) atoms. The van der Waals surface area contributed by atoms with Crippen LogP contribution in [-0.2, 0) is 11.2 Å². The summed E-state index contributed by atoms with van der Waals surface area (Å²) in [5.41, 5.74) is 1.09. The van der Waals surface area contributed by atoms with E-state index in [1.807, 2.05) is 24.0 Å². The van der Waals surface area contributed by atoms with Gasteiger partial charge in [0.05, 0.1) is 0 Å². The molecule has 0 N–H and O–H groups in total. The fraction of sp³-hybridized carbons (Fsp3) is 0.524. The number of benzene rings is 1. The summed E-state index contributed by atoms with van der Waals surface area (Å²) in [6, 6.07) is 6.96. The Morgan fingerprint density at radius 3 is 2.69 bits per heavy atom. The van der Waals surface area contributed by atoms with Crippen LogP contribution in [0.25, 0.3) is 11.0 Å². The largest absolute Gasteiger partial charge is 0.481 e. The molecule has 138 valence electrons. The maximum atomic E-state index is 12.7. The van der Waals surface area contributed by atoms with Crippen LogP contribution in [-0.4, -0.2) is 30.0 Å². The van der Waals surface area contributed by atoms with E-state index < -0.39 is 6.10 Å². The average molecular weight is 355 g/mol. The number of hydrogen-bond acceptors (Lipinski definition) is 4. The van der Waals surface area contributed by atoms with Gasteiger partial charge in [-0.2, -0.15) is 0 Å². The number of carbonyl (C=O) groups excluding carboxylic acids is 1. The van der Waals surface area contributed by atoms with Crippen molar-refractivity contribution in [2.45, 2.75) is 45.6 Å². The van der Waals surface area contributed by atoms with Gasteiger partial charge in [-0.1, -0.05) is 13.3 Å². The first-order valence-corrected chi connectivity index (χ1v) is 9.57. The van der Waals surface area contributed by atoms with E-state index in [9.17, 15) is 9.59 Å². The second-order valence-electron chi connectivity index (χ2n) is 7.56. The highest BCUT2D eigenvalue weighted by Gasteiger charge is 2.39. The molecule has 0 bridgehead atoms. The molecule has 1 aromatic carbocycles. The minimum absolute atomic E-state index is 0.0447. The van der Waals surface area contributed by atoms with Crippen molar-refractivity contribution in [1.82, 2.24) is 4.90 Å². The second kappa shape index (κ2) is 6.78. The Morgan fingerprint density at radius 1 is 1.27 bits per heavy atom. The van der Waals surface area contributed by atoms with Crippen LogP contribution in [0, 0.1) is 11.8 Å². The van der Waals surface area contributed by atoms with Gasteiger partial charge >= 0.3 is 5.63 Å². The lowest BCUT2D eigenvalue weighted by Crippen LogP contribution is -2.39. The molecule has 2 aromatic rings. The number of nitrogens with zero attached hydrogens (tertiary/aromatic N) is 1. The minimum atomic E-state index is -0.549. The van der Waals surface area contributed by atoms with E-state index >= 15 is 0 Å². The van der Waals surface area contributed by atoms with Crippen LogP contribution in [0.1, 0.15) is 38.7 Å². The molecule has 1 amide bonds. The van der Waals surface area contributed by atoms with Gasteiger partial charge in [0.2, 0.25) is 0 Å². The SMILES string of the molecule is CCc1cc(=O)oc2cc(OC(C)C(=O)N3C[C@H]4CCC[C@H]4C3)ccc12. The molecule has 1 saturated carbocycles. The molecule has 2 aliphatic rings. The van der Waals surface area contributed by atoms with Crippen LogP contribution in [0.15, 0.2) is 33.5 Å². The number of hydrogen-bond donors (Lipinski definition) is 0. The van der Waals surface area contributed by atoms with Crippen LogP contribution in [0.4, 0.5) is 0 Å². The number of likely N-dealkylation sites (tertiary alicyclic amines) is 1. The van der Waals surface area contributed by atoms with E-state index in [1.165, 1.54) is 25.3 Å². The van der Waals surface area contributed by atoms with Gasteiger partial charge in [-0.25, -0.2) is 4.79 Å². The van der Waals surface area contributed by atoms with Crippen molar-refractivity contribution in [3.8, 4) is 5.75 Å². The van der Waals surface area contributed by atoms with Crippen LogP contribution in [0.5, 0.6) is 5.75 Å². The Bertz CT molecular complexity index is 875. The fourth-order valence-corrected chi connectivity index (χ4v) is 4.50. The van der Waals surface area contributed by atoms with Crippen molar-refractivity contribution in [2.24, 2.45) is 11.8 Å². The Hall–Kier alpha value is -2.30. The zero-order chi connectivity index (χ0) is 18.3. The predicted octanol–water partition coefficient (Wildman–Crippen LogP) is 3.38. The molecule has 0 spiro atoms. The van der Waals surface area contributed by atoms with Crippen molar-refractivity contribution in [3.63, 3.8) is 0 Å². The standard InChI is InChI=1S/C21H25NO4/c1-3-14-9-20(23)26-19-10-17(7-8-18(14)19)25-13(2)21(24)22-11-15-5-4-6-16(15)12-22/h7-10,13,15-16H,3-6,11-12H2,1-2H3/t13?,15-,16+. The lowest BCUT2D eigenvalue weighted by atomic mass is 10.0. The third kappa shape index (κ3) is 3.11. The van der Waals surface area contributed by atoms with Crippen molar-refractivity contribution in [3.05, 3.63) is 40.2 Å².